The molecule has 17 heavy (non-hydrogen) atoms. The van der Waals surface area contributed by atoms with Gasteiger partial charge in [0.1, 0.15) is 0 Å². The fraction of sp³-hybridized carbons (Fsp3) is 0.929. The molecule has 0 amide bonds. The van der Waals surface area contributed by atoms with Crippen LogP contribution in [0, 0.1) is 16.7 Å². The Morgan fingerprint density at radius 3 is 2.65 bits per heavy atom. The predicted octanol–water partition coefficient (Wildman–Crippen LogP) is 2.39. The normalized spacial score (nSPS) is 21.1. The lowest BCUT2D eigenvalue weighted by Crippen LogP contribution is -2.57. The molecule has 1 heterocycles. The van der Waals surface area contributed by atoms with Crippen molar-refractivity contribution in [2.75, 3.05) is 26.2 Å². The lowest BCUT2D eigenvalue weighted by Gasteiger charge is -2.43. The van der Waals surface area contributed by atoms with Crippen LogP contribution in [-0.2, 0) is 0 Å². The lowest BCUT2D eigenvalue weighted by atomic mass is 9.89. The Hall–Kier alpha value is -0.590. The van der Waals surface area contributed by atoms with Crippen molar-refractivity contribution in [3.63, 3.8) is 0 Å². The van der Waals surface area contributed by atoms with Gasteiger partial charge < -0.3 is 5.32 Å². The maximum atomic E-state index is 8.96. The third kappa shape index (κ3) is 4.65. The molecule has 1 aliphatic heterocycles. The van der Waals surface area contributed by atoms with Gasteiger partial charge in [-0.15, -0.1) is 0 Å². The molecular formula is C14H27N3. The van der Waals surface area contributed by atoms with Gasteiger partial charge in [0.15, 0.2) is 0 Å². The first kappa shape index (κ1) is 14.5. The van der Waals surface area contributed by atoms with Gasteiger partial charge in [0.05, 0.1) is 11.5 Å². The summed E-state index contributed by atoms with van der Waals surface area (Å²) >= 11 is 0. The third-order valence-electron chi connectivity index (χ3n) is 3.75. The van der Waals surface area contributed by atoms with Crippen molar-refractivity contribution in [2.24, 2.45) is 5.41 Å². The van der Waals surface area contributed by atoms with Gasteiger partial charge in [-0.3, -0.25) is 4.90 Å². The molecule has 3 nitrogen and oxygen atoms in total. The number of nitrogens with one attached hydrogen (secondary N) is 1. The van der Waals surface area contributed by atoms with E-state index < -0.39 is 0 Å². The second-order valence-electron chi connectivity index (χ2n) is 6.43. The van der Waals surface area contributed by atoms with E-state index in [1.165, 1.54) is 6.42 Å². The number of hydrogen-bond donors (Lipinski definition) is 1. The Morgan fingerprint density at radius 1 is 1.35 bits per heavy atom. The first-order chi connectivity index (χ1) is 7.87. The van der Waals surface area contributed by atoms with E-state index in [0.717, 1.165) is 39.0 Å². The monoisotopic (exact) mass is 237 g/mol. The molecule has 0 aromatic heterocycles. The van der Waals surface area contributed by atoms with Crippen LogP contribution in [0.25, 0.3) is 0 Å². The number of hydrogen-bond acceptors (Lipinski definition) is 3. The van der Waals surface area contributed by atoms with Crippen LogP contribution in [0.2, 0.25) is 0 Å². The van der Waals surface area contributed by atoms with E-state index in [4.69, 9.17) is 5.26 Å². The van der Waals surface area contributed by atoms with E-state index in [1.807, 2.05) is 13.8 Å². The van der Waals surface area contributed by atoms with E-state index in [9.17, 15) is 0 Å². The zero-order valence-corrected chi connectivity index (χ0v) is 11.8. The Kier molecular flexibility index (Phi) is 4.97. The van der Waals surface area contributed by atoms with Crippen molar-refractivity contribution in [3.8, 4) is 6.07 Å². The Labute approximate surface area is 106 Å². The SMILES string of the molecule is CC(C)(C#N)CCCCN1CCNCC1(C)C. The molecule has 3 heteroatoms. The van der Waals surface area contributed by atoms with Gasteiger partial charge in [-0.2, -0.15) is 5.26 Å². The number of piperazine rings is 1. The number of unbranched alkanes of at least 4 members (excludes halogenated alkanes) is 1. The van der Waals surface area contributed by atoms with E-state index in [0.29, 0.717) is 0 Å². The molecule has 0 bridgehead atoms. The molecule has 98 valence electrons. The van der Waals surface area contributed by atoms with Crippen molar-refractivity contribution >= 4 is 0 Å². The van der Waals surface area contributed by atoms with Gasteiger partial charge in [0.25, 0.3) is 0 Å². The molecule has 0 unspecified atom stereocenters. The number of rotatable bonds is 5. The van der Waals surface area contributed by atoms with Crippen molar-refractivity contribution in [1.82, 2.24) is 10.2 Å². The smallest absolute Gasteiger partial charge is 0.0683 e. The standard InChI is InChI=1S/C14H27N3/c1-13(2,11-15)7-5-6-9-17-10-8-16-12-14(17,3)4/h16H,5-10,12H2,1-4H3. The lowest BCUT2D eigenvalue weighted by molar-refractivity contribution is 0.0880. The van der Waals surface area contributed by atoms with Crippen LogP contribution in [-0.4, -0.2) is 36.6 Å². The predicted molar refractivity (Wildman–Crippen MR) is 71.8 cm³/mol. The molecule has 1 N–H and O–H groups in total. The molecule has 0 aromatic carbocycles. The summed E-state index contributed by atoms with van der Waals surface area (Å²) in [5.41, 5.74) is 0.127. The van der Waals surface area contributed by atoms with E-state index in [2.05, 4.69) is 30.1 Å². The molecule has 1 rings (SSSR count). The van der Waals surface area contributed by atoms with Crippen LogP contribution in [0.15, 0.2) is 0 Å². The number of nitrogens with zero attached hydrogens (tertiary/aromatic N) is 2. The highest BCUT2D eigenvalue weighted by molar-refractivity contribution is 4.92. The minimum Gasteiger partial charge on any atom is -0.314 e. The van der Waals surface area contributed by atoms with Crippen molar-refractivity contribution in [3.05, 3.63) is 0 Å². The fourth-order valence-electron chi connectivity index (χ4n) is 2.36. The van der Waals surface area contributed by atoms with Gasteiger partial charge >= 0.3 is 0 Å². The average molecular weight is 237 g/mol. The molecule has 1 saturated heterocycles. The largest absolute Gasteiger partial charge is 0.314 e. The summed E-state index contributed by atoms with van der Waals surface area (Å²) in [6, 6.07) is 2.37. The van der Waals surface area contributed by atoms with E-state index in [1.54, 1.807) is 0 Å². The molecule has 0 aromatic rings. The van der Waals surface area contributed by atoms with Crippen LogP contribution < -0.4 is 5.32 Å². The van der Waals surface area contributed by atoms with Crippen molar-refractivity contribution in [1.29, 1.82) is 5.26 Å². The molecule has 0 atom stereocenters. The van der Waals surface area contributed by atoms with Crippen molar-refractivity contribution < 1.29 is 0 Å². The minimum absolute atomic E-state index is 0.154. The van der Waals surface area contributed by atoms with Gasteiger partial charge in [-0.25, -0.2) is 0 Å². The van der Waals surface area contributed by atoms with Crippen LogP contribution >= 0.6 is 0 Å². The quantitative estimate of drug-likeness (QED) is 0.746. The Balaban J connectivity index is 2.25. The van der Waals surface area contributed by atoms with Crippen LogP contribution in [0.1, 0.15) is 47.0 Å². The third-order valence-corrected chi connectivity index (χ3v) is 3.75. The summed E-state index contributed by atoms with van der Waals surface area (Å²) in [6.07, 6.45) is 3.37. The van der Waals surface area contributed by atoms with E-state index in [-0.39, 0.29) is 11.0 Å². The highest BCUT2D eigenvalue weighted by Gasteiger charge is 2.28. The topological polar surface area (TPSA) is 39.1 Å². The summed E-state index contributed by atoms with van der Waals surface area (Å²) in [5, 5.41) is 12.4. The van der Waals surface area contributed by atoms with Gasteiger partial charge in [-0.1, -0.05) is 6.42 Å². The molecule has 0 saturated carbocycles. The first-order valence-corrected chi connectivity index (χ1v) is 6.74. The zero-order valence-electron chi connectivity index (χ0n) is 11.8. The second kappa shape index (κ2) is 5.84. The summed E-state index contributed by atoms with van der Waals surface area (Å²) in [4.78, 5) is 2.57. The molecule has 0 aliphatic carbocycles. The van der Waals surface area contributed by atoms with Gasteiger partial charge in [0, 0.05) is 25.2 Å². The van der Waals surface area contributed by atoms with Gasteiger partial charge in [0.2, 0.25) is 0 Å². The van der Waals surface area contributed by atoms with Gasteiger partial charge in [-0.05, 0) is 47.1 Å². The molecule has 1 fully saturated rings. The highest BCUT2D eigenvalue weighted by Crippen LogP contribution is 2.23. The number of nitriles is 1. The molecular weight excluding hydrogens is 210 g/mol. The fourth-order valence-corrected chi connectivity index (χ4v) is 2.36. The maximum Gasteiger partial charge on any atom is 0.0683 e. The summed E-state index contributed by atoms with van der Waals surface area (Å²) in [6.45, 7) is 13.2. The van der Waals surface area contributed by atoms with Crippen LogP contribution in [0.3, 0.4) is 0 Å². The van der Waals surface area contributed by atoms with Crippen LogP contribution in [0.4, 0.5) is 0 Å². The summed E-state index contributed by atoms with van der Waals surface area (Å²) in [7, 11) is 0. The van der Waals surface area contributed by atoms with Crippen molar-refractivity contribution in [2.45, 2.75) is 52.5 Å². The summed E-state index contributed by atoms with van der Waals surface area (Å²) in [5.74, 6) is 0. The first-order valence-electron chi connectivity index (χ1n) is 6.74. The molecule has 0 radical (unpaired) electrons. The minimum atomic E-state index is -0.154. The molecule has 1 aliphatic rings. The van der Waals surface area contributed by atoms with E-state index >= 15 is 0 Å². The average Bonchev–Trinajstić information content (AvgIpc) is 2.26. The Bertz CT molecular complexity index is 276. The Morgan fingerprint density at radius 2 is 2.06 bits per heavy atom. The van der Waals surface area contributed by atoms with Crippen LogP contribution in [0.5, 0.6) is 0 Å². The highest BCUT2D eigenvalue weighted by atomic mass is 15.2. The maximum absolute atomic E-state index is 8.96. The zero-order chi connectivity index (χ0) is 12.9. The molecule has 0 spiro atoms. The summed E-state index contributed by atoms with van der Waals surface area (Å²) < 4.78 is 0. The second-order valence-corrected chi connectivity index (χ2v) is 6.43.